The Hall–Kier alpha value is -2.18. The van der Waals surface area contributed by atoms with Crippen LogP contribution in [0, 0.1) is 0 Å². The summed E-state index contributed by atoms with van der Waals surface area (Å²) in [7, 11) is 1.54. The van der Waals surface area contributed by atoms with Gasteiger partial charge >= 0.3 is 0 Å². The fourth-order valence-electron chi connectivity index (χ4n) is 3.15. The van der Waals surface area contributed by atoms with E-state index >= 15 is 0 Å². The van der Waals surface area contributed by atoms with Gasteiger partial charge < -0.3 is 14.3 Å². The van der Waals surface area contributed by atoms with Crippen LogP contribution in [0.25, 0.3) is 0 Å². The smallest absolute Gasteiger partial charge is 0.241 e. The van der Waals surface area contributed by atoms with Crippen LogP contribution in [0.2, 0.25) is 0 Å². The number of morpholine rings is 1. The van der Waals surface area contributed by atoms with Crippen LogP contribution in [0.4, 0.5) is 0 Å². The Balaban J connectivity index is 2.12. The Kier molecular flexibility index (Phi) is 9.01. The number of aryl methyl sites for hydroxylation is 1. The van der Waals surface area contributed by atoms with Crippen molar-refractivity contribution in [1.29, 1.82) is 0 Å². The van der Waals surface area contributed by atoms with Gasteiger partial charge in [0.2, 0.25) is 5.71 Å². The van der Waals surface area contributed by atoms with E-state index in [1.165, 1.54) is 0 Å². The third-order valence-corrected chi connectivity index (χ3v) is 4.66. The second kappa shape index (κ2) is 11.5. The summed E-state index contributed by atoms with van der Waals surface area (Å²) in [5.74, 6) is 0.748. The van der Waals surface area contributed by atoms with Gasteiger partial charge in [-0.25, -0.2) is 0 Å². The van der Waals surface area contributed by atoms with Crippen LogP contribution in [0.15, 0.2) is 30.4 Å². The minimum absolute atomic E-state index is 0.154. The van der Waals surface area contributed by atoms with E-state index in [4.69, 9.17) is 9.47 Å². The molecule has 1 N–H and O–H groups in total. The molecule has 1 aliphatic rings. The van der Waals surface area contributed by atoms with Crippen LogP contribution in [-0.2, 0) is 16.0 Å². The van der Waals surface area contributed by atoms with Gasteiger partial charge in [0.1, 0.15) is 18.6 Å². The van der Waals surface area contributed by atoms with Crippen LogP contribution < -0.4 is 4.74 Å². The number of hydroxylamine groups is 1. The number of carbonyl (C=O) groups excluding carboxylic acids is 1. The molecule has 1 aliphatic heterocycles. The third kappa shape index (κ3) is 6.81. The van der Waals surface area contributed by atoms with Crippen molar-refractivity contribution >= 4 is 12.0 Å². The van der Waals surface area contributed by atoms with Gasteiger partial charge in [0.05, 0.1) is 25.2 Å². The lowest BCUT2D eigenvalue weighted by molar-refractivity contribution is -0.754. The van der Waals surface area contributed by atoms with Crippen LogP contribution in [0.1, 0.15) is 30.9 Å². The van der Waals surface area contributed by atoms with Crippen LogP contribution >= 0.6 is 0 Å². The number of nitrogens with zero attached hydrogens (tertiary/aromatic N) is 2. The number of aldehydes is 1. The molecule has 1 aromatic carbocycles. The van der Waals surface area contributed by atoms with Crippen molar-refractivity contribution in [1.82, 2.24) is 4.90 Å². The lowest BCUT2D eigenvalue weighted by Crippen LogP contribution is -2.38. The van der Waals surface area contributed by atoms with Crippen molar-refractivity contribution in [2.45, 2.75) is 26.2 Å². The highest BCUT2D eigenvalue weighted by Crippen LogP contribution is 2.21. The molecule has 1 heterocycles. The minimum Gasteiger partial charge on any atom is -0.492 e. The molecule has 6 nitrogen and oxygen atoms in total. The first-order valence-corrected chi connectivity index (χ1v) is 9.55. The first-order valence-electron chi connectivity index (χ1n) is 9.55. The summed E-state index contributed by atoms with van der Waals surface area (Å²) in [5.41, 5.74) is 2.53. The number of hydrogen-bond donors (Lipinski definition) is 1. The summed E-state index contributed by atoms with van der Waals surface area (Å²) in [5, 5.41) is 9.99. The molecule has 1 fully saturated rings. The summed E-state index contributed by atoms with van der Waals surface area (Å²) in [6, 6.07) is 5.91. The highest BCUT2D eigenvalue weighted by molar-refractivity contribution is 6.04. The molecule has 0 aliphatic carbocycles. The highest BCUT2D eigenvalue weighted by atomic mass is 16.5. The molecule has 0 atom stereocenters. The Bertz CT molecular complexity index is 660. The monoisotopic (exact) mass is 375 g/mol. The van der Waals surface area contributed by atoms with Crippen molar-refractivity contribution in [3.63, 3.8) is 0 Å². The predicted octanol–water partition coefficient (Wildman–Crippen LogP) is 2.32. The zero-order valence-electron chi connectivity index (χ0n) is 16.4. The summed E-state index contributed by atoms with van der Waals surface area (Å²) in [4.78, 5) is 13.4. The first kappa shape index (κ1) is 21.1. The Morgan fingerprint density at radius 3 is 2.81 bits per heavy atom. The summed E-state index contributed by atoms with van der Waals surface area (Å²) >= 11 is 0. The SMILES string of the molecule is C/C=C\CCc1ccc(OCCN2CCOCC2)cc1/C(CC=O)=[N+](/C)O. The van der Waals surface area contributed by atoms with E-state index in [0.29, 0.717) is 12.3 Å². The summed E-state index contributed by atoms with van der Waals surface area (Å²) < 4.78 is 12.3. The molecule has 0 aromatic heterocycles. The van der Waals surface area contributed by atoms with E-state index < -0.39 is 0 Å². The molecule has 1 aromatic rings. The van der Waals surface area contributed by atoms with Crippen molar-refractivity contribution in [2.24, 2.45) is 0 Å². The summed E-state index contributed by atoms with van der Waals surface area (Å²) in [6.07, 6.45) is 6.84. The number of ether oxygens (including phenoxy) is 2. The average Bonchev–Trinajstić information content (AvgIpc) is 2.68. The van der Waals surface area contributed by atoms with E-state index in [9.17, 15) is 10.0 Å². The van der Waals surface area contributed by atoms with Gasteiger partial charge in [0.25, 0.3) is 0 Å². The highest BCUT2D eigenvalue weighted by Gasteiger charge is 2.19. The number of hydrogen-bond acceptors (Lipinski definition) is 5. The molecule has 0 spiro atoms. The molecule has 2 rings (SSSR count). The lowest BCUT2D eigenvalue weighted by atomic mass is 9.97. The van der Waals surface area contributed by atoms with Crippen molar-refractivity contribution < 1.29 is 24.2 Å². The molecule has 0 bridgehead atoms. The molecule has 0 amide bonds. The van der Waals surface area contributed by atoms with Gasteiger partial charge in [-0.05, 0) is 42.2 Å². The first-order chi connectivity index (χ1) is 13.2. The molecule has 1 saturated heterocycles. The Labute approximate surface area is 161 Å². The van der Waals surface area contributed by atoms with Gasteiger partial charge in [-0.3, -0.25) is 10.1 Å². The van der Waals surface area contributed by atoms with Crippen LogP contribution in [-0.4, -0.2) is 73.3 Å². The zero-order valence-corrected chi connectivity index (χ0v) is 16.4. The Morgan fingerprint density at radius 1 is 1.37 bits per heavy atom. The lowest BCUT2D eigenvalue weighted by Gasteiger charge is -2.26. The van der Waals surface area contributed by atoms with Gasteiger partial charge in [-0.1, -0.05) is 18.2 Å². The largest absolute Gasteiger partial charge is 0.492 e. The van der Waals surface area contributed by atoms with E-state index in [1.807, 2.05) is 31.2 Å². The molecular formula is C21H31N2O4+. The standard InChI is InChI=1S/C21H31N2O4/c1-3-4-5-6-18-7-8-19(17-20(18)21(9-13-24)22(2)25)27-16-12-23-10-14-26-15-11-23/h3-4,7-8,13,17,25H,5-6,9-12,14-16H2,1-2H3/q+1/b4-3-,22-21-. The quantitative estimate of drug-likeness (QED) is 0.170. The number of allylic oxidation sites excluding steroid dienone is 2. The second-order valence-electron chi connectivity index (χ2n) is 6.57. The Morgan fingerprint density at radius 2 is 2.15 bits per heavy atom. The van der Waals surface area contributed by atoms with E-state index in [2.05, 4.69) is 11.0 Å². The zero-order chi connectivity index (χ0) is 19.5. The fourth-order valence-corrected chi connectivity index (χ4v) is 3.15. The van der Waals surface area contributed by atoms with E-state index in [1.54, 1.807) is 7.05 Å². The van der Waals surface area contributed by atoms with Crippen molar-refractivity contribution in [2.75, 3.05) is 46.5 Å². The molecule has 0 radical (unpaired) electrons. The molecule has 0 saturated carbocycles. The van der Waals surface area contributed by atoms with E-state index in [0.717, 1.165) is 73.6 Å². The maximum Gasteiger partial charge on any atom is 0.241 e. The second-order valence-corrected chi connectivity index (χ2v) is 6.57. The maximum atomic E-state index is 11.1. The fraction of sp³-hybridized carbons (Fsp3) is 0.524. The van der Waals surface area contributed by atoms with Crippen LogP contribution in [0.3, 0.4) is 0 Å². The summed E-state index contributed by atoms with van der Waals surface area (Å²) in [6.45, 7) is 6.87. The molecule has 6 heteroatoms. The molecular weight excluding hydrogens is 344 g/mol. The minimum atomic E-state index is 0.154. The number of benzene rings is 1. The average molecular weight is 375 g/mol. The van der Waals surface area contributed by atoms with Gasteiger partial charge in [0, 0.05) is 19.6 Å². The number of rotatable bonds is 10. The van der Waals surface area contributed by atoms with Crippen molar-refractivity contribution in [3.05, 3.63) is 41.5 Å². The van der Waals surface area contributed by atoms with Crippen molar-refractivity contribution in [3.8, 4) is 5.75 Å². The van der Waals surface area contributed by atoms with Gasteiger partial charge in [-0.15, -0.1) is 0 Å². The predicted molar refractivity (Wildman–Crippen MR) is 105 cm³/mol. The maximum absolute atomic E-state index is 11.1. The number of carbonyl (C=O) groups is 1. The third-order valence-electron chi connectivity index (χ3n) is 4.66. The molecule has 148 valence electrons. The van der Waals surface area contributed by atoms with Crippen LogP contribution in [0.5, 0.6) is 5.75 Å². The topological polar surface area (TPSA) is 62.0 Å². The van der Waals surface area contributed by atoms with Gasteiger partial charge in [0.15, 0.2) is 7.05 Å². The molecule has 0 unspecified atom stereocenters. The van der Waals surface area contributed by atoms with Gasteiger partial charge in [-0.2, -0.15) is 0 Å². The molecule has 27 heavy (non-hydrogen) atoms. The van der Waals surface area contributed by atoms with E-state index in [-0.39, 0.29) is 6.42 Å². The normalized spacial score (nSPS) is 16.4.